The van der Waals surface area contributed by atoms with Gasteiger partial charge in [-0.1, -0.05) is 20.8 Å². The van der Waals surface area contributed by atoms with Crippen LogP contribution in [0.4, 0.5) is 0 Å². The van der Waals surface area contributed by atoms with Gasteiger partial charge in [0.05, 0.1) is 11.6 Å². The maximum atomic E-state index is 11.7. The molecule has 4 nitrogen and oxygen atoms in total. The lowest BCUT2D eigenvalue weighted by molar-refractivity contribution is -0.130. The lowest BCUT2D eigenvalue weighted by Gasteiger charge is -2.21. The highest BCUT2D eigenvalue weighted by Gasteiger charge is 2.38. The van der Waals surface area contributed by atoms with Gasteiger partial charge in [0.15, 0.2) is 0 Å². The summed E-state index contributed by atoms with van der Waals surface area (Å²) in [6.07, 6.45) is 0.694. The average molecular weight is 197 g/mol. The zero-order chi connectivity index (χ0) is 10.9. The first-order chi connectivity index (χ1) is 6.38. The van der Waals surface area contributed by atoms with Crippen molar-refractivity contribution in [1.82, 2.24) is 5.01 Å². The molecule has 1 rings (SSSR count). The molecule has 0 spiro atoms. The second-order valence-electron chi connectivity index (χ2n) is 4.73. The molecule has 0 saturated carbocycles. The van der Waals surface area contributed by atoms with E-state index in [1.54, 1.807) is 7.05 Å². The molecule has 0 aromatic rings. The molecule has 1 aliphatic heterocycles. The van der Waals surface area contributed by atoms with Crippen LogP contribution in [0.1, 0.15) is 27.2 Å². The molecule has 0 aromatic heterocycles. The Kier molecular flexibility index (Phi) is 2.95. The number of carbonyl (C=O) groups excluding carboxylic acids is 1. The first-order valence-electron chi connectivity index (χ1n) is 4.94. The third kappa shape index (κ3) is 1.95. The largest absolute Gasteiger partial charge is 0.330 e. The van der Waals surface area contributed by atoms with Gasteiger partial charge >= 0.3 is 0 Å². The highest BCUT2D eigenvalue weighted by atomic mass is 16.2. The first kappa shape index (κ1) is 11.2. The van der Waals surface area contributed by atoms with Crippen LogP contribution in [0.3, 0.4) is 0 Å². The molecule has 14 heavy (non-hydrogen) atoms. The summed E-state index contributed by atoms with van der Waals surface area (Å²) in [4.78, 5) is 11.7. The zero-order valence-electron chi connectivity index (χ0n) is 9.37. The van der Waals surface area contributed by atoms with E-state index in [0.717, 1.165) is 5.71 Å². The van der Waals surface area contributed by atoms with Crippen molar-refractivity contribution in [3.8, 4) is 0 Å². The maximum absolute atomic E-state index is 11.7. The van der Waals surface area contributed by atoms with Crippen LogP contribution in [0, 0.1) is 11.3 Å². The molecule has 0 bridgehead atoms. The van der Waals surface area contributed by atoms with E-state index in [1.165, 1.54) is 5.01 Å². The highest BCUT2D eigenvalue weighted by Crippen LogP contribution is 2.29. The smallest absolute Gasteiger partial charge is 0.251 e. The van der Waals surface area contributed by atoms with Gasteiger partial charge in [-0.25, -0.2) is 5.01 Å². The number of hydrogen-bond acceptors (Lipinski definition) is 3. The molecule has 1 unspecified atom stereocenters. The van der Waals surface area contributed by atoms with Crippen LogP contribution in [0.2, 0.25) is 0 Å². The van der Waals surface area contributed by atoms with Gasteiger partial charge in [0.2, 0.25) is 0 Å². The maximum Gasteiger partial charge on any atom is 0.251 e. The summed E-state index contributed by atoms with van der Waals surface area (Å²) in [6, 6.07) is 0. The SMILES string of the molecule is CN1N=C(C(C)(C)C)C(CCN)C1=O. The Morgan fingerprint density at radius 3 is 2.50 bits per heavy atom. The van der Waals surface area contributed by atoms with Crippen molar-refractivity contribution in [2.75, 3.05) is 13.6 Å². The summed E-state index contributed by atoms with van der Waals surface area (Å²) >= 11 is 0. The Bertz CT molecular complexity index is 265. The van der Waals surface area contributed by atoms with Crippen LogP contribution in [0.25, 0.3) is 0 Å². The van der Waals surface area contributed by atoms with E-state index in [9.17, 15) is 4.79 Å². The molecule has 0 fully saturated rings. The number of hydrogen-bond donors (Lipinski definition) is 1. The standard InChI is InChI=1S/C10H19N3O/c1-10(2,3)8-7(5-6-11)9(14)13(4)12-8/h7H,5-6,11H2,1-4H3. The lowest BCUT2D eigenvalue weighted by Crippen LogP contribution is -2.32. The monoisotopic (exact) mass is 197 g/mol. The Morgan fingerprint density at radius 1 is 1.50 bits per heavy atom. The molecule has 0 saturated heterocycles. The predicted molar refractivity (Wildman–Crippen MR) is 56.8 cm³/mol. The minimum Gasteiger partial charge on any atom is -0.330 e. The summed E-state index contributed by atoms with van der Waals surface area (Å²) < 4.78 is 0. The third-order valence-electron chi connectivity index (χ3n) is 2.43. The van der Waals surface area contributed by atoms with Gasteiger partial charge in [0.25, 0.3) is 5.91 Å². The Hall–Kier alpha value is -0.900. The van der Waals surface area contributed by atoms with E-state index >= 15 is 0 Å². The minimum atomic E-state index is -0.106. The highest BCUT2D eigenvalue weighted by molar-refractivity contribution is 6.10. The number of nitrogens with two attached hydrogens (primary N) is 1. The summed E-state index contributed by atoms with van der Waals surface area (Å²) in [5.74, 6) is -0.0367. The van der Waals surface area contributed by atoms with E-state index in [0.29, 0.717) is 13.0 Å². The molecule has 2 N–H and O–H groups in total. The number of nitrogens with zero attached hydrogens (tertiary/aromatic N) is 2. The van der Waals surface area contributed by atoms with Crippen LogP contribution in [0.15, 0.2) is 5.10 Å². The summed E-state index contributed by atoms with van der Waals surface area (Å²) in [5, 5.41) is 5.72. The second kappa shape index (κ2) is 3.69. The average Bonchev–Trinajstić information content (AvgIpc) is 2.32. The normalized spacial score (nSPS) is 22.9. The van der Waals surface area contributed by atoms with Crippen LogP contribution >= 0.6 is 0 Å². The number of carbonyl (C=O) groups is 1. The van der Waals surface area contributed by atoms with Crippen LogP contribution in [0.5, 0.6) is 0 Å². The van der Waals surface area contributed by atoms with Crippen molar-refractivity contribution in [3.63, 3.8) is 0 Å². The number of amides is 1. The Morgan fingerprint density at radius 2 is 2.07 bits per heavy atom. The van der Waals surface area contributed by atoms with Crippen molar-refractivity contribution in [2.45, 2.75) is 27.2 Å². The molecular formula is C10H19N3O. The summed E-state index contributed by atoms with van der Waals surface area (Å²) in [7, 11) is 1.70. The topological polar surface area (TPSA) is 58.7 Å². The molecule has 80 valence electrons. The Balaban J connectivity index is 2.92. The van der Waals surface area contributed by atoms with Crippen LogP contribution in [-0.2, 0) is 4.79 Å². The van der Waals surface area contributed by atoms with E-state index < -0.39 is 0 Å². The molecule has 1 amide bonds. The van der Waals surface area contributed by atoms with Gasteiger partial charge in [0, 0.05) is 12.5 Å². The molecule has 1 heterocycles. The summed E-state index contributed by atoms with van der Waals surface area (Å²) in [6.45, 7) is 6.74. The van der Waals surface area contributed by atoms with E-state index in [4.69, 9.17) is 5.73 Å². The fourth-order valence-corrected chi connectivity index (χ4v) is 1.72. The van der Waals surface area contributed by atoms with E-state index in [1.807, 2.05) is 0 Å². The third-order valence-corrected chi connectivity index (χ3v) is 2.43. The summed E-state index contributed by atoms with van der Waals surface area (Å²) in [5.41, 5.74) is 6.39. The molecule has 1 atom stereocenters. The van der Waals surface area contributed by atoms with Gasteiger partial charge in [-0.05, 0) is 13.0 Å². The van der Waals surface area contributed by atoms with Crippen molar-refractivity contribution in [3.05, 3.63) is 0 Å². The molecule has 0 radical (unpaired) electrons. The number of hydrazone groups is 1. The molecule has 0 aromatic carbocycles. The van der Waals surface area contributed by atoms with Crippen LogP contribution in [-0.4, -0.2) is 30.2 Å². The molecular weight excluding hydrogens is 178 g/mol. The zero-order valence-corrected chi connectivity index (χ0v) is 9.37. The second-order valence-corrected chi connectivity index (χ2v) is 4.73. The van der Waals surface area contributed by atoms with E-state index in [-0.39, 0.29) is 17.2 Å². The lowest BCUT2D eigenvalue weighted by atomic mass is 9.81. The number of rotatable bonds is 2. The first-order valence-corrected chi connectivity index (χ1v) is 4.94. The van der Waals surface area contributed by atoms with Gasteiger partial charge in [-0.15, -0.1) is 0 Å². The van der Waals surface area contributed by atoms with Gasteiger partial charge in [0.1, 0.15) is 0 Å². The fourth-order valence-electron chi connectivity index (χ4n) is 1.72. The molecule has 0 aliphatic carbocycles. The van der Waals surface area contributed by atoms with Crippen molar-refractivity contribution < 1.29 is 4.79 Å². The minimum absolute atomic E-state index is 0.0553. The van der Waals surface area contributed by atoms with Crippen molar-refractivity contribution in [2.24, 2.45) is 22.2 Å². The van der Waals surface area contributed by atoms with E-state index in [2.05, 4.69) is 25.9 Å². The fraction of sp³-hybridized carbons (Fsp3) is 0.800. The van der Waals surface area contributed by atoms with Gasteiger partial charge < -0.3 is 5.73 Å². The predicted octanol–water partition coefficient (Wildman–Crippen LogP) is 0.825. The molecule has 1 aliphatic rings. The Labute approximate surface area is 85.1 Å². The van der Waals surface area contributed by atoms with Gasteiger partial charge in [-0.2, -0.15) is 5.10 Å². The van der Waals surface area contributed by atoms with Gasteiger partial charge in [-0.3, -0.25) is 4.79 Å². The molecule has 4 heteroatoms. The van der Waals surface area contributed by atoms with Crippen molar-refractivity contribution in [1.29, 1.82) is 0 Å². The van der Waals surface area contributed by atoms with Crippen LogP contribution < -0.4 is 5.73 Å². The van der Waals surface area contributed by atoms with Crippen molar-refractivity contribution >= 4 is 11.6 Å². The quantitative estimate of drug-likeness (QED) is 0.712.